The van der Waals surface area contributed by atoms with Crippen molar-refractivity contribution in [2.45, 2.75) is 39.7 Å². The molecule has 0 saturated carbocycles. The number of rotatable bonds is 5. The fourth-order valence-electron chi connectivity index (χ4n) is 2.13. The zero-order valence-electron chi connectivity index (χ0n) is 14.2. The van der Waals surface area contributed by atoms with Gasteiger partial charge in [0.05, 0.1) is 16.4 Å². The van der Waals surface area contributed by atoms with Gasteiger partial charge in [-0.1, -0.05) is 30.6 Å². The maximum absolute atomic E-state index is 13.0. The summed E-state index contributed by atoms with van der Waals surface area (Å²) >= 11 is 5.86. The Morgan fingerprint density at radius 3 is 2.60 bits per heavy atom. The van der Waals surface area contributed by atoms with Crippen molar-refractivity contribution in [2.24, 2.45) is 0 Å². The minimum atomic E-state index is -1.09. The second-order valence-electron chi connectivity index (χ2n) is 5.82. The zero-order chi connectivity index (χ0) is 18.7. The van der Waals surface area contributed by atoms with Crippen molar-refractivity contribution < 1.29 is 23.2 Å². The number of esters is 1. The van der Waals surface area contributed by atoms with Crippen LogP contribution in [0.15, 0.2) is 22.7 Å². The van der Waals surface area contributed by atoms with E-state index in [0.29, 0.717) is 11.5 Å². The van der Waals surface area contributed by atoms with E-state index in [4.69, 9.17) is 20.9 Å². The lowest BCUT2D eigenvalue weighted by Gasteiger charge is -2.14. The Morgan fingerprint density at radius 2 is 2.00 bits per heavy atom. The van der Waals surface area contributed by atoms with Crippen molar-refractivity contribution >= 4 is 29.2 Å². The van der Waals surface area contributed by atoms with Gasteiger partial charge in [-0.3, -0.25) is 4.79 Å². The molecule has 0 aliphatic rings. The van der Waals surface area contributed by atoms with Crippen molar-refractivity contribution in [1.29, 1.82) is 0 Å². The van der Waals surface area contributed by atoms with Gasteiger partial charge in [-0.15, -0.1) is 0 Å². The summed E-state index contributed by atoms with van der Waals surface area (Å²) in [5.74, 6) is -1.48. The molecule has 8 heteroatoms. The van der Waals surface area contributed by atoms with E-state index < -0.39 is 23.8 Å². The molecule has 0 radical (unpaired) electrons. The minimum Gasteiger partial charge on any atom is -0.449 e. The quantitative estimate of drug-likeness (QED) is 0.804. The largest absolute Gasteiger partial charge is 0.449 e. The maximum atomic E-state index is 13.0. The number of benzene rings is 1. The fraction of sp³-hybridized carbons (Fsp3) is 0.353. The second kappa shape index (κ2) is 7.65. The molecule has 0 bridgehead atoms. The number of amides is 1. The lowest BCUT2D eigenvalue weighted by atomic mass is 10.1. The standard InChI is InChI=1S/C17H18ClFN2O4/c1-8(2)15-14(9(3)21-25-15)17(23)24-10(4)16(22)20-13-6-5-11(19)7-12(13)18/h5-8,10H,1-4H3,(H,20,22)/t10-/m0/s1. The topological polar surface area (TPSA) is 81.4 Å². The smallest absolute Gasteiger partial charge is 0.344 e. The van der Waals surface area contributed by atoms with E-state index in [1.54, 1.807) is 6.92 Å². The van der Waals surface area contributed by atoms with Gasteiger partial charge in [0.25, 0.3) is 5.91 Å². The van der Waals surface area contributed by atoms with E-state index in [0.717, 1.165) is 12.1 Å². The van der Waals surface area contributed by atoms with Crippen LogP contribution in [0.2, 0.25) is 5.02 Å². The molecule has 2 rings (SSSR count). The van der Waals surface area contributed by atoms with Gasteiger partial charge >= 0.3 is 5.97 Å². The molecule has 1 N–H and O–H groups in total. The Bertz CT molecular complexity index is 804. The molecule has 0 saturated heterocycles. The molecule has 1 aromatic heterocycles. The van der Waals surface area contributed by atoms with Gasteiger partial charge in [-0.25, -0.2) is 9.18 Å². The van der Waals surface area contributed by atoms with E-state index in [9.17, 15) is 14.0 Å². The molecule has 134 valence electrons. The van der Waals surface area contributed by atoms with Crippen LogP contribution < -0.4 is 5.32 Å². The molecule has 2 aromatic rings. The predicted octanol–water partition coefficient (Wildman–Crippen LogP) is 4.08. The molecule has 0 spiro atoms. The third kappa shape index (κ3) is 4.36. The molecule has 1 heterocycles. The number of aromatic nitrogens is 1. The number of anilines is 1. The first-order valence-electron chi connectivity index (χ1n) is 7.63. The van der Waals surface area contributed by atoms with Crippen molar-refractivity contribution in [3.05, 3.63) is 46.1 Å². The van der Waals surface area contributed by atoms with Crippen molar-refractivity contribution in [2.75, 3.05) is 5.32 Å². The van der Waals surface area contributed by atoms with E-state index in [2.05, 4.69) is 10.5 Å². The summed E-state index contributed by atoms with van der Waals surface area (Å²) in [5.41, 5.74) is 0.831. The number of carbonyl (C=O) groups is 2. The minimum absolute atomic E-state index is 0.0452. The molecule has 6 nitrogen and oxygen atoms in total. The second-order valence-corrected chi connectivity index (χ2v) is 6.23. The van der Waals surface area contributed by atoms with Crippen LogP contribution in [0.5, 0.6) is 0 Å². The van der Waals surface area contributed by atoms with Crippen LogP contribution >= 0.6 is 11.6 Å². The number of aryl methyl sites for hydroxylation is 1. The predicted molar refractivity (Wildman–Crippen MR) is 90.2 cm³/mol. The van der Waals surface area contributed by atoms with Crippen LogP contribution in [-0.4, -0.2) is 23.1 Å². The highest BCUT2D eigenvalue weighted by Crippen LogP contribution is 2.25. The maximum Gasteiger partial charge on any atom is 0.344 e. The van der Waals surface area contributed by atoms with E-state index >= 15 is 0 Å². The Hall–Kier alpha value is -2.41. The summed E-state index contributed by atoms with van der Waals surface area (Å²) in [6.45, 7) is 6.74. The Labute approximate surface area is 149 Å². The third-order valence-electron chi connectivity index (χ3n) is 3.46. The summed E-state index contributed by atoms with van der Waals surface area (Å²) in [6, 6.07) is 3.56. The van der Waals surface area contributed by atoms with Gasteiger partial charge in [0.2, 0.25) is 0 Å². The Morgan fingerprint density at radius 1 is 1.32 bits per heavy atom. The molecule has 0 unspecified atom stereocenters. The van der Waals surface area contributed by atoms with Crippen LogP contribution in [0.3, 0.4) is 0 Å². The SMILES string of the molecule is Cc1noc(C(C)C)c1C(=O)O[C@@H](C)C(=O)Nc1ccc(F)cc1Cl. The van der Waals surface area contributed by atoms with Crippen molar-refractivity contribution in [3.63, 3.8) is 0 Å². The molecule has 25 heavy (non-hydrogen) atoms. The average molecular weight is 369 g/mol. The highest BCUT2D eigenvalue weighted by atomic mass is 35.5. The van der Waals surface area contributed by atoms with Crippen LogP contribution in [0.1, 0.15) is 48.5 Å². The van der Waals surface area contributed by atoms with Crippen LogP contribution in [0.4, 0.5) is 10.1 Å². The van der Waals surface area contributed by atoms with Crippen LogP contribution in [0.25, 0.3) is 0 Å². The molecule has 1 amide bonds. The number of nitrogens with one attached hydrogen (secondary N) is 1. The van der Waals surface area contributed by atoms with Gasteiger partial charge in [0.1, 0.15) is 11.4 Å². The van der Waals surface area contributed by atoms with Gasteiger partial charge in [0, 0.05) is 5.92 Å². The number of hydrogen-bond donors (Lipinski definition) is 1. The fourth-order valence-corrected chi connectivity index (χ4v) is 2.34. The highest BCUT2D eigenvalue weighted by molar-refractivity contribution is 6.33. The van der Waals surface area contributed by atoms with Gasteiger partial charge in [-0.2, -0.15) is 0 Å². The number of halogens is 2. The first-order valence-corrected chi connectivity index (χ1v) is 8.01. The average Bonchev–Trinajstić information content (AvgIpc) is 2.91. The molecule has 0 aliphatic heterocycles. The third-order valence-corrected chi connectivity index (χ3v) is 3.77. The lowest BCUT2D eigenvalue weighted by Crippen LogP contribution is -2.30. The van der Waals surface area contributed by atoms with Gasteiger partial charge in [-0.05, 0) is 32.0 Å². The number of hydrogen-bond acceptors (Lipinski definition) is 5. The highest BCUT2D eigenvalue weighted by Gasteiger charge is 2.27. The first-order chi connectivity index (χ1) is 11.7. The Balaban J connectivity index is 2.08. The Kier molecular flexibility index (Phi) is 5.79. The number of ether oxygens (including phenoxy) is 1. The zero-order valence-corrected chi connectivity index (χ0v) is 15.0. The van der Waals surface area contributed by atoms with Crippen molar-refractivity contribution in [3.8, 4) is 0 Å². The summed E-state index contributed by atoms with van der Waals surface area (Å²) < 4.78 is 23.4. The van der Waals surface area contributed by atoms with Crippen LogP contribution in [-0.2, 0) is 9.53 Å². The molecular formula is C17H18ClFN2O4. The molecule has 0 aliphatic carbocycles. The molecule has 1 atom stereocenters. The van der Waals surface area contributed by atoms with Gasteiger partial charge < -0.3 is 14.6 Å². The summed E-state index contributed by atoms with van der Waals surface area (Å²) in [4.78, 5) is 24.5. The van der Waals surface area contributed by atoms with E-state index in [1.807, 2.05) is 13.8 Å². The molecular weight excluding hydrogens is 351 g/mol. The molecule has 0 fully saturated rings. The van der Waals surface area contributed by atoms with E-state index in [-0.39, 0.29) is 22.2 Å². The first kappa shape index (κ1) is 18.9. The monoisotopic (exact) mass is 368 g/mol. The van der Waals surface area contributed by atoms with Gasteiger partial charge in [0.15, 0.2) is 11.9 Å². The molecule has 1 aromatic carbocycles. The van der Waals surface area contributed by atoms with Crippen molar-refractivity contribution in [1.82, 2.24) is 5.16 Å². The summed E-state index contributed by atoms with van der Waals surface area (Å²) in [6.07, 6.45) is -1.09. The number of nitrogens with zero attached hydrogens (tertiary/aromatic N) is 1. The summed E-state index contributed by atoms with van der Waals surface area (Å²) in [7, 11) is 0. The van der Waals surface area contributed by atoms with Crippen LogP contribution in [0, 0.1) is 12.7 Å². The normalized spacial score (nSPS) is 12.1. The van der Waals surface area contributed by atoms with E-state index in [1.165, 1.54) is 13.0 Å². The summed E-state index contributed by atoms with van der Waals surface area (Å²) in [5, 5.41) is 6.30. The number of carbonyl (C=O) groups excluding carboxylic acids is 2. The lowest BCUT2D eigenvalue weighted by molar-refractivity contribution is -0.123.